The summed E-state index contributed by atoms with van der Waals surface area (Å²) in [5.41, 5.74) is 4.17. The molecule has 0 aromatic heterocycles. The van der Waals surface area contributed by atoms with E-state index in [1.54, 1.807) is 6.07 Å². The van der Waals surface area contributed by atoms with Crippen molar-refractivity contribution >= 4 is 28.7 Å². The molecule has 0 radical (unpaired) electrons. The Morgan fingerprint density at radius 3 is 2.51 bits per heavy atom. The average molecular weight is 475 g/mol. The van der Waals surface area contributed by atoms with Crippen LogP contribution < -0.4 is 5.32 Å². The van der Waals surface area contributed by atoms with Crippen LogP contribution in [0.1, 0.15) is 53.7 Å². The van der Waals surface area contributed by atoms with E-state index in [0.717, 1.165) is 43.6 Å². The van der Waals surface area contributed by atoms with E-state index in [2.05, 4.69) is 34.5 Å². The topological polar surface area (TPSA) is 99.1 Å². The van der Waals surface area contributed by atoms with Gasteiger partial charge in [0.2, 0.25) is 0 Å². The lowest BCUT2D eigenvalue weighted by molar-refractivity contribution is -0.111. The van der Waals surface area contributed by atoms with E-state index in [0.29, 0.717) is 28.5 Å². The number of aromatic carboxylic acids is 1. The number of carbonyl (C=O) groups excluding carboxylic acids is 1. The number of ether oxygens (including phenoxy) is 1. The van der Waals surface area contributed by atoms with Crippen LogP contribution in [0.2, 0.25) is 0 Å². The van der Waals surface area contributed by atoms with Gasteiger partial charge in [-0.15, -0.1) is 0 Å². The first-order valence-electron chi connectivity index (χ1n) is 12.0. The lowest BCUT2D eigenvalue weighted by atomic mass is 9.91. The summed E-state index contributed by atoms with van der Waals surface area (Å²) in [5.74, 6) is -0.470. The molecule has 1 saturated heterocycles. The Bertz CT molecular complexity index is 1230. The maximum absolute atomic E-state index is 12.8. The molecule has 0 spiro atoms. The number of amides is 1. The van der Waals surface area contributed by atoms with Gasteiger partial charge in [-0.25, -0.2) is 4.79 Å². The molecule has 35 heavy (non-hydrogen) atoms. The summed E-state index contributed by atoms with van der Waals surface area (Å²) in [5, 5.41) is 21.5. The smallest absolute Gasteiger partial charge is 0.335 e. The minimum absolute atomic E-state index is 0.121. The quantitative estimate of drug-likeness (QED) is 0.564. The number of likely N-dealkylation sites (tertiary alicyclic amines) is 1. The Morgan fingerprint density at radius 2 is 1.86 bits per heavy atom. The Kier molecular flexibility index (Phi) is 5.99. The maximum Gasteiger partial charge on any atom is 0.335 e. The van der Waals surface area contributed by atoms with Gasteiger partial charge < -0.3 is 20.3 Å². The first-order chi connectivity index (χ1) is 16.7. The second-order valence-corrected chi connectivity index (χ2v) is 10.0. The van der Waals surface area contributed by atoms with Crippen molar-refractivity contribution in [1.29, 1.82) is 0 Å². The van der Waals surface area contributed by atoms with Crippen molar-refractivity contribution < 1.29 is 24.5 Å². The standard InChI is InChI=1S/C28H30N2O5/c1-28(2)22(19-5-3-17(4-6-19)15-30-11-9-18(16-31)10-12-30)14-24(35-28)25-21-13-20(27(33)34)7-8-23(21)29-26(25)32/h3-8,13-14,18,31H,9-12,15-16H2,1-2H3,(H,29,32)(H,33,34)/b25-24+. The number of aliphatic hydroxyl groups excluding tert-OH is 1. The molecule has 3 aliphatic rings. The lowest BCUT2D eigenvalue weighted by Crippen LogP contribution is -2.34. The molecule has 7 nitrogen and oxygen atoms in total. The lowest BCUT2D eigenvalue weighted by Gasteiger charge is -2.31. The molecule has 0 atom stereocenters. The summed E-state index contributed by atoms with van der Waals surface area (Å²) < 4.78 is 6.25. The van der Waals surface area contributed by atoms with Gasteiger partial charge in [0, 0.05) is 30.0 Å². The number of hydrogen-bond donors (Lipinski definition) is 3. The molecule has 0 bridgehead atoms. The van der Waals surface area contributed by atoms with E-state index in [1.807, 2.05) is 19.9 Å². The van der Waals surface area contributed by atoms with E-state index in [-0.39, 0.29) is 18.1 Å². The molecule has 7 heteroatoms. The van der Waals surface area contributed by atoms with Crippen LogP contribution in [0.15, 0.2) is 54.3 Å². The summed E-state index contributed by atoms with van der Waals surface area (Å²) in [6, 6.07) is 13.0. The third-order valence-corrected chi connectivity index (χ3v) is 7.18. The zero-order valence-electron chi connectivity index (χ0n) is 20.0. The molecular formula is C28H30N2O5. The van der Waals surface area contributed by atoms with Crippen molar-refractivity contribution in [2.75, 3.05) is 25.0 Å². The van der Waals surface area contributed by atoms with E-state index in [9.17, 15) is 19.8 Å². The molecule has 5 rings (SSSR count). The number of carboxylic acid groups (broad SMARTS) is 1. The van der Waals surface area contributed by atoms with Gasteiger partial charge in [-0.2, -0.15) is 0 Å². The van der Waals surface area contributed by atoms with Gasteiger partial charge in [-0.05, 0) is 81.1 Å². The molecule has 3 N–H and O–H groups in total. The van der Waals surface area contributed by atoms with Crippen molar-refractivity contribution in [3.63, 3.8) is 0 Å². The van der Waals surface area contributed by atoms with Crippen molar-refractivity contribution in [3.05, 3.63) is 76.6 Å². The monoisotopic (exact) mass is 474 g/mol. The highest BCUT2D eigenvalue weighted by atomic mass is 16.5. The number of benzene rings is 2. The predicted molar refractivity (Wildman–Crippen MR) is 134 cm³/mol. The Balaban J connectivity index is 1.41. The number of allylic oxidation sites excluding steroid dienone is 1. The fourth-order valence-corrected chi connectivity index (χ4v) is 5.14. The van der Waals surface area contributed by atoms with Gasteiger partial charge in [-0.1, -0.05) is 24.3 Å². The molecule has 182 valence electrons. The summed E-state index contributed by atoms with van der Waals surface area (Å²) in [6.07, 6.45) is 3.97. The molecule has 1 amide bonds. The van der Waals surface area contributed by atoms with Gasteiger partial charge in [0.15, 0.2) is 0 Å². The molecular weight excluding hydrogens is 444 g/mol. The van der Waals surface area contributed by atoms with Crippen LogP contribution in [0.5, 0.6) is 0 Å². The van der Waals surface area contributed by atoms with Crippen LogP contribution >= 0.6 is 0 Å². The Labute approximate surface area is 204 Å². The Hall–Kier alpha value is -3.42. The Morgan fingerprint density at radius 1 is 1.14 bits per heavy atom. The maximum atomic E-state index is 12.8. The predicted octanol–water partition coefficient (Wildman–Crippen LogP) is 4.14. The van der Waals surface area contributed by atoms with Crippen LogP contribution in [0.3, 0.4) is 0 Å². The number of carboxylic acids is 1. The number of fused-ring (bicyclic) bond motifs is 1. The van der Waals surface area contributed by atoms with Gasteiger partial charge in [0.1, 0.15) is 11.4 Å². The van der Waals surface area contributed by atoms with Crippen LogP contribution in [0, 0.1) is 5.92 Å². The van der Waals surface area contributed by atoms with Crippen LogP contribution in [0.4, 0.5) is 5.69 Å². The van der Waals surface area contributed by atoms with Crippen molar-refractivity contribution in [2.24, 2.45) is 5.92 Å². The number of anilines is 1. The fraction of sp³-hybridized carbons (Fsp3) is 0.357. The number of rotatable bonds is 5. The molecule has 3 heterocycles. The molecule has 2 aromatic carbocycles. The molecule has 0 aliphatic carbocycles. The fourth-order valence-electron chi connectivity index (χ4n) is 5.14. The zero-order chi connectivity index (χ0) is 24.7. The van der Waals surface area contributed by atoms with Crippen LogP contribution in [-0.4, -0.2) is 52.3 Å². The number of carbonyl (C=O) groups is 2. The van der Waals surface area contributed by atoms with Gasteiger partial charge in [0.05, 0.1) is 11.1 Å². The summed E-state index contributed by atoms with van der Waals surface area (Å²) in [4.78, 5) is 26.7. The van der Waals surface area contributed by atoms with E-state index in [4.69, 9.17) is 4.74 Å². The van der Waals surface area contributed by atoms with Gasteiger partial charge in [-0.3, -0.25) is 9.69 Å². The third-order valence-electron chi connectivity index (χ3n) is 7.18. The summed E-state index contributed by atoms with van der Waals surface area (Å²) in [6.45, 7) is 7.10. The van der Waals surface area contributed by atoms with Crippen molar-refractivity contribution in [2.45, 2.75) is 38.8 Å². The third kappa shape index (κ3) is 4.49. The minimum Gasteiger partial charge on any atom is -0.482 e. The number of nitrogens with one attached hydrogen (secondary N) is 1. The first-order valence-corrected chi connectivity index (χ1v) is 12.0. The second kappa shape index (κ2) is 8.98. The minimum atomic E-state index is -1.04. The highest BCUT2D eigenvalue weighted by molar-refractivity contribution is 6.32. The summed E-state index contributed by atoms with van der Waals surface area (Å²) >= 11 is 0. The molecule has 2 aromatic rings. The number of nitrogens with zero attached hydrogens (tertiary/aromatic N) is 1. The van der Waals surface area contributed by atoms with E-state index in [1.165, 1.54) is 17.7 Å². The SMILES string of the molecule is CC1(C)O/C(=C2/C(=O)Nc3ccc(C(=O)O)cc32)C=C1c1ccc(CN2CCC(CO)CC2)cc1. The molecule has 0 unspecified atom stereocenters. The normalized spacial score (nSPS) is 21.9. The number of piperidine rings is 1. The number of hydrogen-bond acceptors (Lipinski definition) is 5. The first kappa shape index (κ1) is 23.3. The highest BCUT2D eigenvalue weighted by Crippen LogP contribution is 2.44. The van der Waals surface area contributed by atoms with E-state index >= 15 is 0 Å². The van der Waals surface area contributed by atoms with Crippen LogP contribution in [-0.2, 0) is 16.1 Å². The number of aliphatic hydroxyl groups is 1. The van der Waals surface area contributed by atoms with Crippen molar-refractivity contribution in [3.8, 4) is 0 Å². The molecule has 1 fully saturated rings. The largest absolute Gasteiger partial charge is 0.482 e. The highest BCUT2D eigenvalue weighted by Gasteiger charge is 2.38. The van der Waals surface area contributed by atoms with Crippen molar-refractivity contribution in [1.82, 2.24) is 4.90 Å². The molecule has 3 aliphatic heterocycles. The zero-order valence-corrected chi connectivity index (χ0v) is 20.0. The van der Waals surface area contributed by atoms with Crippen LogP contribution in [0.25, 0.3) is 11.1 Å². The second-order valence-electron chi connectivity index (χ2n) is 10.0. The average Bonchev–Trinajstić information content (AvgIpc) is 3.33. The molecule has 0 saturated carbocycles. The van der Waals surface area contributed by atoms with Gasteiger partial charge in [0.25, 0.3) is 5.91 Å². The van der Waals surface area contributed by atoms with E-state index < -0.39 is 11.6 Å². The van der Waals surface area contributed by atoms with Gasteiger partial charge >= 0.3 is 5.97 Å². The summed E-state index contributed by atoms with van der Waals surface area (Å²) in [7, 11) is 0.